The smallest absolute Gasteiger partial charge is 0.311 e. The van der Waals surface area contributed by atoms with Gasteiger partial charge in [0.2, 0.25) is 0 Å². The normalized spacial score (nSPS) is 28.1. The predicted octanol–water partition coefficient (Wildman–Crippen LogP) is 1.26. The molecule has 4 heteroatoms. The summed E-state index contributed by atoms with van der Waals surface area (Å²) in [5.74, 6) is -0.721. The minimum atomic E-state index is -0.442. The van der Waals surface area contributed by atoms with E-state index in [1.165, 1.54) is 7.11 Å². The monoisotopic (exact) mass is 169 g/mol. The number of ether oxygens (including phenoxy) is 1. The Bertz CT molecular complexity index is 212. The van der Waals surface area contributed by atoms with Crippen molar-refractivity contribution in [2.75, 3.05) is 7.11 Å². The molecule has 1 aliphatic carbocycles. The van der Waals surface area contributed by atoms with E-state index in [-0.39, 0.29) is 11.9 Å². The zero-order chi connectivity index (χ0) is 8.97. The van der Waals surface area contributed by atoms with Gasteiger partial charge in [0.05, 0.1) is 13.0 Å². The fourth-order valence-corrected chi connectivity index (χ4v) is 1.32. The number of carbonyl (C=O) groups is 1. The van der Waals surface area contributed by atoms with Crippen molar-refractivity contribution in [3.8, 4) is 0 Å². The molecular weight excluding hydrogens is 158 g/mol. The molecule has 0 aromatic heterocycles. The van der Waals surface area contributed by atoms with Gasteiger partial charge in [0.15, 0.2) is 0 Å². The maximum absolute atomic E-state index is 11.1. The predicted molar refractivity (Wildman–Crippen MR) is 43.5 cm³/mol. The van der Waals surface area contributed by atoms with Crippen molar-refractivity contribution in [3.63, 3.8) is 0 Å². The van der Waals surface area contributed by atoms with Gasteiger partial charge in [-0.2, -0.15) is 4.91 Å². The lowest BCUT2D eigenvalue weighted by Crippen LogP contribution is -2.28. The van der Waals surface area contributed by atoms with Crippen LogP contribution in [0, 0.1) is 10.8 Å². The summed E-state index contributed by atoms with van der Waals surface area (Å²) in [7, 11) is 1.32. The van der Waals surface area contributed by atoms with Gasteiger partial charge in [-0.25, -0.2) is 0 Å². The summed E-state index contributed by atoms with van der Waals surface area (Å²) in [4.78, 5) is 21.4. The first-order chi connectivity index (χ1) is 5.79. The van der Waals surface area contributed by atoms with E-state index in [2.05, 4.69) is 9.91 Å². The quantitative estimate of drug-likeness (QED) is 0.355. The van der Waals surface area contributed by atoms with Crippen LogP contribution in [0.4, 0.5) is 0 Å². The van der Waals surface area contributed by atoms with Crippen LogP contribution in [-0.2, 0) is 9.53 Å². The van der Waals surface area contributed by atoms with E-state index in [0.29, 0.717) is 12.8 Å². The Labute approximate surface area is 70.6 Å². The third kappa shape index (κ3) is 1.69. The maximum Gasteiger partial charge on any atom is 0.311 e. The lowest BCUT2D eigenvalue weighted by Gasteiger charge is -2.19. The lowest BCUT2D eigenvalue weighted by molar-refractivity contribution is -0.146. The van der Waals surface area contributed by atoms with Crippen LogP contribution in [0.1, 0.15) is 12.8 Å². The van der Waals surface area contributed by atoms with Crippen LogP contribution in [0.2, 0.25) is 0 Å². The highest BCUT2D eigenvalue weighted by Gasteiger charge is 2.30. The third-order valence-corrected chi connectivity index (χ3v) is 2.04. The first kappa shape index (κ1) is 8.90. The molecule has 0 bridgehead atoms. The van der Waals surface area contributed by atoms with Crippen LogP contribution in [0.15, 0.2) is 17.3 Å². The van der Waals surface area contributed by atoms with Gasteiger partial charge in [-0.1, -0.05) is 17.3 Å². The van der Waals surface area contributed by atoms with Gasteiger partial charge in [0, 0.05) is 0 Å². The van der Waals surface area contributed by atoms with Crippen molar-refractivity contribution in [1.82, 2.24) is 0 Å². The molecule has 0 saturated heterocycles. The van der Waals surface area contributed by atoms with Crippen molar-refractivity contribution >= 4 is 5.97 Å². The Kier molecular flexibility index (Phi) is 2.96. The summed E-state index contributed by atoms with van der Waals surface area (Å²) < 4.78 is 4.55. The van der Waals surface area contributed by atoms with Crippen LogP contribution < -0.4 is 0 Å². The Balaban J connectivity index is 2.66. The van der Waals surface area contributed by atoms with E-state index >= 15 is 0 Å². The number of carbonyl (C=O) groups excluding carboxylic acids is 1. The van der Waals surface area contributed by atoms with Crippen molar-refractivity contribution in [1.29, 1.82) is 0 Å². The summed E-state index contributed by atoms with van der Waals surface area (Å²) in [6, 6.07) is -0.442. The molecule has 2 atom stereocenters. The van der Waals surface area contributed by atoms with E-state index in [0.717, 1.165) is 0 Å². The van der Waals surface area contributed by atoms with Gasteiger partial charge in [-0.15, -0.1) is 0 Å². The van der Waals surface area contributed by atoms with Crippen LogP contribution >= 0.6 is 0 Å². The second-order valence-corrected chi connectivity index (χ2v) is 2.75. The van der Waals surface area contributed by atoms with Gasteiger partial charge in [-0.05, 0) is 12.8 Å². The van der Waals surface area contributed by atoms with Gasteiger partial charge < -0.3 is 4.74 Å². The number of hydrogen-bond donors (Lipinski definition) is 0. The lowest BCUT2D eigenvalue weighted by atomic mass is 9.90. The number of methoxy groups -OCH3 is 1. The molecule has 4 nitrogen and oxygen atoms in total. The summed E-state index contributed by atoms with van der Waals surface area (Å²) in [6.07, 6.45) is 4.85. The van der Waals surface area contributed by atoms with Crippen LogP contribution in [0.25, 0.3) is 0 Å². The Morgan fingerprint density at radius 3 is 2.75 bits per heavy atom. The van der Waals surface area contributed by atoms with Crippen molar-refractivity contribution in [3.05, 3.63) is 17.1 Å². The average Bonchev–Trinajstić information content (AvgIpc) is 2.16. The van der Waals surface area contributed by atoms with E-state index < -0.39 is 6.04 Å². The minimum absolute atomic E-state index is 0.344. The Morgan fingerprint density at radius 1 is 1.50 bits per heavy atom. The van der Waals surface area contributed by atoms with Gasteiger partial charge >= 0.3 is 5.97 Å². The second kappa shape index (κ2) is 3.99. The third-order valence-electron chi connectivity index (χ3n) is 2.04. The highest BCUT2D eigenvalue weighted by Crippen LogP contribution is 2.22. The zero-order valence-electron chi connectivity index (χ0n) is 6.90. The van der Waals surface area contributed by atoms with Gasteiger partial charge in [0.25, 0.3) is 0 Å². The molecule has 0 spiro atoms. The molecule has 0 fully saturated rings. The number of hydrogen-bond acceptors (Lipinski definition) is 4. The number of nitroso groups, excluding NO2 is 1. The SMILES string of the molecule is COC(=O)C1CC=CCC1N=O. The van der Waals surface area contributed by atoms with E-state index in [1.54, 1.807) is 0 Å². The molecule has 0 aromatic rings. The number of esters is 1. The summed E-state index contributed by atoms with van der Waals surface area (Å²) in [6.45, 7) is 0. The zero-order valence-corrected chi connectivity index (χ0v) is 6.90. The molecule has 66 valence electrons. The van der Waals surface area contributed by atoms with Crippen molar-refractivity contribution in [2.45, 2.75) is 18.9 Å². The molecule has 1 aliphatic rings. The minimum Gasteiger partial charge on any atom is -0.469 e. The topological polar surface area (TPSA) is 55.7 Å². The van der Waals surface area contributed by atoms with Crippen LogP contribution in [0.3, 0.4) is 0 Å². The molecule has 12 heavy (non-hydrogen) atoms. The molecule has 0 heterocycles. The maximum atomic E-state index is 11.1. The molecule has 0 N–H and O–H groups in total. The van der Waals surface area contributed by atoms with Crippen LogP contribution in [-0.4, -0.2) is 19.1 Å². The highest BCUT2D eigenvalue weighted by molar-refractivity contribution is 5.73. The second-order valence-electron chi connectivity index (χ2n) is 2.75. The highest BCUT2D eigenvalue weighted by atomic mass is 16.5. The molecule has 1 rings (SSSR count). The fraction of sp³-hybridized carbons (Fsp3) is 0.625. The van der Waals surface area contributed by atoms with Crippen molar-refractivity contribution in [2.24, 2.45) is 11.1 Å². The summed E-state index contributed by atoms with van der Waals surface area (Å²) >= 11 is 0. The largest absolute Gasteiger partial charge is 0.469 e. The Hall–Kier alpha value is -1.19. The first-order valence-corrected chi connectivity index (χ1v) is 3.85. The molecule has 0 saturated carbocycles. The van der Waals surface area contributed by atoms with Gasteiger partial charge in [0.1, 0.15) is 6.04 Å². The first-order valence-electron chi connectivity index (χ1n) is 3.85. The molecule has 0 radical (unpaired) electrons. The average molecular weight is 169 g/mol. The number of allylic oxidation sites excluding steroid dienone is 1. The standard InChI is InChI=1S/C8H11NO3/c1-12-8(10)6-4-2-3-5-7(6)9-11/h2-3,6-7H,4-5H2,1H3. The summed E-state index contributed by atoms with van der Waals surface area (Å²) in [5.41, 5.74) is 0. The molecule has 0 aliphatic heterocycles. The van der Waals surface area contributed by atoms with E-state index in [1.807, 2.05) is 12.2 Å². The fourth-order valence-electron chi connectivity index (χ4n) is 1.32. The molecule has 2 unspecified atom stereocenters. The van der Waals surface area contributed by atoms with Crippen molar-refractivity contribution < 1.29 is 9.53 Å². The molecular formula is C8H11NO3. The molecule has 0 amide bonds. The van der Waals surface area contributed by atoms with E-state index in [9.17, 15) is 9.70 Å². The molecule has 0 aromatic carbocycles. The van der Waals surface area contributed by atoms with Gasteiger partial charge in [-0.3, -0.25) is 4.79 Å². The Morgan fingerprint density at radius 2 is 2.17 bits per heavy atom. The number of nitrogens with zero attached hydrogens (tertiary/aromatic N) is 1. The van der Waals surface area contributed by atoms with E-state index in [4.69, 9.17) is 0 Å². The summed E-state index contributed by atoms with van der Waals surface area (Å²) in [5, 5.41) is 2.90. The number of rotatable bonds is 2. The van der Waals surface area contributed by atoms with Crippen LogP contribution in [0.5, 0.6) is 0 Å².